The molecule has 1 aliphatic rings. The summed E-state index contributed by atoms with van der Waals surface area (Å²) in [4.78, 5) is 0. The highest BCUT2D eigenvalue weighted by atomic mass is 32.2. The van der Waals surface area contributed by atoms with Gasteiger partial charge in [-0.2, -0.15) is 17.4 Å². The van der Waals surface area contributed by atoms with Crippen LogP contribution in [0.4, 0.5) is 0 Å². The van der Waals surface area contributed by atoms with Crippen molar-refractivity contribution in [1.82, 2.24) is 9.03 Å². The summed E-state index contributed by atoms with van der Waals surface area (Å²) in [6.07, 6.45) is 2.75. The van der Waals surface area contributed by atoms with E-state index in [0.29, 0.717) is 0 Å². The molecule has 1 rings (SSSR count). The molecule has 1 fully saturated rings. The van der Waals surface area contributed by atoms with Gasteiger partial charge in [0.2, 0.25) is 0 Å². The summed E-state index contributed by atoms with van der Waals surface area (Å²) in [5.41, 5.74) is 5.74. The minimum Gasteiger partial charge on any atom is -0.326 e. The second-order valence-electron chi connectivity index (χ2n) is 3.61. The van der Waals surface area contributed by atoms with Crippen LogP contribution in [0, 0.1) is 0 Å². The van der Waals surface area contributed by atoms with Crippen LogP contribution in [0.5, 0.6) is 0 Å². The summed E-state index contributed by atoms with van der Waals surface area (Å²) in [6.45, 7) is 0. The Morgan fingerprint density at radius 1 is 1.38 bits per heavy atom. The molecule has 0 amide bonds. The van der Waals surface area contributed by atoms with Gasteiger partial charge < -0.3 is 5.73 Å². The van der Waals surface area contributed by atoms with Gasteiger partial charge >= 0.3 is 0 Å². The van der Waals surface area contributed by atoms with Crippen LogP contribution < -0.4 is 10.5 Å². The molecule has 3 N–H and O–H groups in total. The Hall–Kier alpha value is -0.170. The maximum Gasteiger partial charge on any atom is 0.279 e. The lowest BCUT2D eigenvalue weighted by atomic mass is 10.2. The van der Waals surface area contributed by atoms with E-state index >= 15 is 0 Å². The monoisotopic (exact) mass is 207 g/mol. The van der Waals surface area contributed by atoms with E-state index in [0.717, 1.165) is 23.6 Å². The summed E-state index contributed by atoms with van der Waals surface area (Å²) >= 11 is 0. The molecule has 0 radical (unpaired) electrons. The molecule has 1 saturated carbocycles. The zero-order valence-electron chi connectivity index (χ0n) is 8.03. The lowest BCUT2D eigenvalue weighted by molar-refractivity contribution is 0.473. The van der Waals surface area contributed by atoms with Crippen molar-refractivity contribution in [3.63, 3.8) is 0 Å². The van der Waals surface area contributed by atoms with Crippen molar-refractivity contribution in [2.24, 2.45) is 5.73 Å². The SMILES string of the molecule is CN(C)S(=O)(=O)NC1CCCC1N. The fraction of sp³-hybridized carbons (Fsp3) is 1.00. The van der Waals surface area contributed by atoms with Crippen molar-refractivity contribution in [2.45, 2.75) is 31.3 Å². The molecule has 0 aromatic rings. The van der Waals surface area contributed by atoms with E-state index in [1.165, 1.54) is 14.1 Å². The van der Waals surface area contributed by atoms with Crippen molar-refractivity contribution >= 4 is 10.2 Å². The summed E-state index contributed by atoms with van der Waals surface area (Å²) in [5.74, 6) is 0. The van der Waals surface area contributed by atoms with Gasteiger partial charge in [0, 0.05) is 26.2 Å². The lowest BCUT2D eigenvalue weighted by Crippen LogP contribution is -2.47. The molecule has 0 aliphatic heterocycles. The van der Waals surface area contributed by atoms with Crippen molar-refractivity contribution in [1.29, 1.82) is 0 Å². The highest BCUT2D eigenvalue weighted by Crippen LogP contribution is 2.17. The molecule has 0 saturated heterocycles. The molecule has 0 bridgehead atoms. The summed E-state index contributed by atoms with van der Waals surface area (Å²) in [7, 11) is -0.306. The Bertz CT molecular complexity index is 263. The van der Waals surface area contributed by atoms with Gasteiger partial charge in [-0.3, -0.25) is 0 Å². The van der Waals surface area contributed by atoms with Crippen LogP contribution in [-0.2, 0) is 10.2 Å². The third-order valence-electron chi connectivity index (χ3n) is 2.35. The number of hydrogen-bond acceptors (Lipinski definition) is 3. The van der Waals surface area contributed by atoms with Crippen LogP contribution in [0.25, 0.3) is 0 Å². The zero-order valence-corrected chi connectivity index (χ0v) is 8.84. The van der Waals surface area contributed by atoms with Crippen LogP contribution in [0.15, 0.2) is 0 Å². The first-order valence-electron chi connectivity index (χ1n) is 4.39. The summed E-state index contributed by atoms with van der Waals surface area (Å²) in [6, 6.07) is -0.123. The van der Waals surface area contributed by atoms with Crippen molar-refractivity contribution in [3.05, 3.63) is 0 Å². The summed E-state index contributed by atoms with van der Waals surface area (Å²) < 4.78 is 26.5. The van der Waals surface area contributed by atoms with E-state index in [1.807, 2.05) is 0 Å². The molecule has 1 aliphatic carbocycles. The topological polar surface area (TPSA) is 75.4 Å². The quantitative estimate of drug-likeness (QED) is 0.640. The lowest BCUT2D eigenvalue weighted by Gasteiger charge is -2.20. The molecule has 2 unspecified atom stereocenters. The number of nitrogens with one attached hydrogen (secondary N) is 1. The third kappa shape index (κ3) is 2.63. The predicted molar refractivity (Wildman–Crippen MR) is 51.4 cm³/mol. The van der Waals surface area contributed by atoms with Gasteiger partial charge in [-0.1, -0.05) is 6.42 Å². The Kier molecular flexibility index (Phi) is 3.28. The number of rotatable bonds is 3. The molecule has 0 aromatic heterocycles. The maximum absolute atomic E-state index is 11.4. The highest BCUT2D eigenvalue weighted by Gasteiger charge is 2.28. The fourth-order valence-corrected chi connectivity index (χ4v) is 2.32. The normalized spacial score (nSPS) is 29.8. The molecule has 0 heterocycles. The second-order valence-corrected chi connectivity index (χ2v) is 5.52. The van der Waals surface area contributed by atoms with Gasteiger partial charge in [0.05, 0.1) is 0 Å². The van der Waals surface area contributed by atoms with Crippen LogP contribution in [0.1, 0.15) is 19.3 Å². The number of nitrogens with two attached hydrogens (primary N) is 1. The van der Waals surface area contributed by atoms with Crippen LogP contribution in [-0.4, -0.2) is 38.9 Å². The minimum absolute atomic E-state index is 0.0327. The molecular weight excluding hydrogens is 190 g/mol. The van der Waals surface area contributed by atoms with Crippen LogP contribution >= 0.6 is 0 Å². The molecule has 13 heavy (non-hydrogen) atoms. The van der Waals surface area contributed by atoms with E-state index in [2.05, 4.69) is 4.72 Å². The number of hydrogen-bond donors (Lipinski definition) is 2. The Morgan fingerprint density at radius 3 is 2.38 bits per heavy atom. The summed E-state index contributed by atoms with van der Waals surface area (Å²) in [5, 5.41) is 0. The Labute approximate surface area is 79.5 Å². The van der Waals surface area contributed by atoms with Crippen molar-refractivity contribution in [2.75, 3.05) is 14.1 Å². The Balaban J connectivity index is 2.58. The molecule has 78 valence electrons. The molecule has 5 nitrogen and oxygen atoms in total. The molecular formula is C7H17N3O2S. The highest BCUT2D eigenvalue weighted by molar-refractivity contribution is 7.87. The molecule has 0 spiro atoms. The van der Waals surface area contributed by atoms with Gasteiger partial charge in [0.15, 0.2) is 0 Å². The smallest absolute Gasteiger partial charge is 0.279 e. The maximum atomic E-state index is 11.4. The van der Waals surface area contributed by atoms with Crippen molar-refractivity contribution < 1.29 is 8.42 Å². The predicted octanol–water partition coefficient (Wildman–Crippen LogP) is -0.738. The first-order valence-corrected chi connectivity index (χ1v) is 5.83. The van der Waals surface area contributed by atoms with Gasteiger partial charge in [0.25, 0.3) is 10.2 Å². The van der Waals surface area contributed by atoms with Gasteiger partial charge in [-0.15, -0.1) is 0 Å². The second kappa shape index (κ2) is 3.91. The van der Waals surface area contributed by atoms with Gasteiger partial charge in [-0.25, -0.2) is 0 Å². The van der Waals surface area contributed by atoms with E-state index in [9.17, 15) is 8.42 Å². The average molecular weight is 207 g/mol. The average Bonchev–Trinajstić information content (AvgIpc) is 2.35. The standard InChI is InChI=1S/C7H17N3O2S/c1-10(2)13(11,12)9-7-5-3-4-6(7)8/h6-7,9H,3-5,8H2,1-2H3. The van der Waals surface area contributed by atoms with Crippen LogP contribution in [0.3, 0.4) is 0 Å². The van der Waals surface area contributed by atoms with Gasteiger partial charge in [-0.05, 0) is 12.8 Å². The van der Waals surface area contributed by atoms with Gasteiger partial charge in [0.1, 0.15) is 0 Å². The van der Waals surface area contributed by atoms with E-state index in [1.54, 1.807) is 0 Å². The van der Waals surface area contributed by atoms with E-state index in [4.69, 9.17) is 5.73 Å². The first-order chi connectivity index (χ1) is 5.93. The van der Waals surface area contributed by atoms with E-state index < -0.39 is 10.2 Å². The third-order valence-corrected chi connectivity index (χ3v) is 3.91. The van der Waals surface area contributed by atoms with Crippen LogP contribution in [0.2, 0.25) is 0 Å². The fourth-order valence-electron chi connectivity index (χ4n) is 1.43. The number of nitrogens with zero attached hydrogens (tertiary/aromatic N) is 1. The zero-order chi connectivity index (χ0) is 10.1. The van der Waals surface area contributed by atoms with E-state index in [-0.39, 0.29) is 12.1 Å². The first kappa shape index (κ1) is 10.9. The largest absolute Gasteiger partial charge is 0.326 e. The molecule has 0 aromatic carbocycles. The van der Waals surface area contributed by atoms with Crippen molar-refractivity contribution in [3.8, 4) is 0 Å². The molecule has 6 heteroatoms. The molecule has 2 atom stereocenters. The Morgan fingerprint density at radius 2 is 2.00 bits per heavy atom. The minimum atomic E-state index is -3.31.